The zero-order valence-electron chi connectivity index (χ0n) is 14.8. The number of aromatic amines is 1. The highest BCUT2D eigenvalue weighted by Crippen LogP contribution is 2.63. The van der Waals surface area contributed by atoms with Gasteiger partial charge in [-0.2, -0.15) is 0 Å². The summed E-state index contributed by atoms with van der Waals surface area (Å²) in [4.78, 5) is 16.4. The number of thioether (sulfide) groups is 1. The van der Waals surface area contributed by atoms with Crippen molar-refractivity contribution in [2.75, 3.05) is 0 Å². The van der Waals surface area contributed by atoms with E-state index in [9.17, 15) is 4.79 Å². The lowest BCUT2D eigenvalue weighted by molar-refractivity contribution is 0.285. The van der Waals surface area contributed by atoms with Gasteiger partial charge in [0.2, 0.25) is 0 Å². The predicted octanol–water partition coefficient (Wildman–Crippen LogP) is 6.66. The van der Waals surface area contributed by atoms with Crippen molar-refractivity contribution in [1.29, 1.82) is 0 Å². The van der Waals surface area contributed by atoms with E-state index in [1.165, 1.54) is 30.6 Å². The number of nitrogens with one attached hydrogen (secondary N) is 1. The fourth-order valence-corrected chi connectivity index (χ4v) is 8.78. The van der Waals surface area contributed by atoms with E-state index in [0.717, 1.165) is 38.8 Å². The van der Waals surface area contributed by atoms with Gasteiger partial charge in [0.1, 0.15) is 11.5 Å². The van der Waals surface area contributed by atoms with Gasteiger partial charge in [0.15, 0.2) is 0 Å². The molecule has 0 amide bonds. The molecular weight excluding hydrogens is 433 g/mol. The Kier molecular flexibility index (Phi) is 4.06. The molecule has 2 aromatic heterocycles. The molecule has 3 aromatic rings. The smallest absolute Gasteiger partial charge is 0.305 e. The lowest BCUT2D eigenvalue weighted by atomic mass is 9.77. The van der Waals surface area contributed by atoms with Gasteiger partial charge in [-0.25, -0.2) is 0 Å². The minimum atomic E-state index is 0.0273. The fourth-order valence-electron chi connectivity index (χ4n) is 5.52. The van der Waals surface area contributed by atoms with Crippen LogP contribution in [0.3, 0.4) is 0 Å². The minimum absolute atomic E-state index is 0.0273. The molecule has 3 nitrogen and oxygen atoms in total. The third-order valence-electron chi connectivity index (χ3n) is 6.59. The summed E-state index contributed by atoms with van der Waals surface area (Å²) < 4.78 is 6.37. The molecule has 1 aliphatic heterocycles. The zero-order valence-corrected chi connectivity index (χ0v) is 17.9. The monoisotopic (exact) mass is 449 g/mol. The molecule has 1 N–H and O–H groups in total. The van der Waals surface area contributed by atoms with E-state index in [4.69, 9.17) is 27.6 Å². The Labute approximate surface area is 180 Å². The van der Waals surface area contributed by atoms with Crippen LogP contribution in [0.25, 0.3) is 11.3 Å². The molecule has 2 bridgehead atoms. The number of hydrogen-bond donors (Lipinski definition) is 1. The number of thiazole rings is 1. The second-order valence-electron chi connectivity index (χ2n) is 8.00. The molecule has 2 fully saturated rings. The fraction of sp³-hybridized carbons (Fsp3) is 0.381. The van der Waals surface area contributed by atoms with Crippen LogP contribution in [0, 0.1) is 17.8 Å². The average Bonchev–Trinajstić information content (AvgIpc) is 3.44. The third kappa shape index (κ3) is 2.59. The first-order valence-electron chi connectivity index (χ1n) is 9.53. The Morgan fingerprint density at radius 2 is 1.96 bits per heavy atom. The van der Waals surface area contributed by atoms with Crippen LogP contribution in [0.15, 0.2) is 44.6 Å². The van der Waals surface area contributed by atoms with E-state index in [2.05, 4.69) is 11.1 Å². The quantitative estimate of drug-likeness (QED) is 0.475. The van der Waals surface area contributed by atoms with Crippen molar-refractivity contribution in [2.24, 2.45) is 17.8 Å². The highest BCUT2D eigenvalue weighted by atomic mass is 35.5. The van der Waals surface area contributed by atoms with Crippen molar-refractivity contribution in [3.8, 4) is 11.3 Å². The number of rotatable bonds is 2. The van der Waals surface area contributed by atoms with Gasteiger partial charge >= 0.3 is 4.87 Å². The first-order valence-corrected chi connectivity index (χ1v) is 12.0. The summed E-state index contributed by atoms with van der Waals surface area (Å²) in [5.74, 6) is 3.83. The molecule has 1 aromatic carbocycles. The molecule has 6 rings (SSSR count). The van der Waals surface area contributed by atoms with E-state index >= 15 is 0 Å². The maximum absolute atomic E-state index is 12.1. The third-order valence-corrected chi connectivity index (χ3v) is 9.78. The van der Waals surface area contributed by atoms with E-state index in [0.29, 0.717) is 21.2 Å². The number of halogens is 2. The summed E-state index contributed by atoms with van der Waals surface area (Å²) in [6.45, 7) is 0. The Morgan fingerprint density at radius 1 is 1.11 bits per heavy atom. The zero-order chi connectivity index (χ0) is 19.0. The van der Waals surface area contributed by atoms with Gasteiger partial charge in [-0.05, 0) is 67.3 Å². The van der Waals surface area contributed by atoms with Gasteiger partial charge in [-0.15, -0.1) is 11.8 Å². The van der Waals surface area contributed by atoms with Gasteiger partial charge < -0.3 is 9.40 Å². The van der Waals surface area contributed by atoms with Gasteiger partial charge in [-0.3, -0.25) is 4.79 Å². The second-order valence-corrected chi connectivity index (χ2v) is 11.1. The molecule has 3 aliphatic rings. The lowest BCUT2D eigenvalue weighted by Gasteiger charge is -2.38. The van der Waals surface area contributed by atoms with E-state index in [1.807, 2.05) is 23.9 Å². The molecule has 2 aliphatic carbocycles. The van der Waals surface area contributed by atoms with Gasteiger partial charge in [0.25, 0.3) is 0 Å². The van der Waals surface area contributed by atoms with Crippen molar-refractivity contribution in [3.05, 3.63) is 60.7 Å². The van der Waals surface area contributed by atoms with Crippen LogP contribution in [0.4, 0.5) is 0 Å². The first kappa shape index (κ1) is 17.7. The maximum Gasteiger partial charge on any atom is 0.305 e. The predicted molar refractivity (Wildman–Crippen MR) is 115 cm³/mol. The van der Waals surface area contributed by atoms with Gasteiger partial charge in [0, 0.05) is 15.8 Å². The summed E-state index contributed by atoms with van der Waals surface area (Å²) in [5, 5.41) is 2.87. The van der Waals surface area contributed by atoms with Crippen molar-refractivity contribution in [2.45, 2.75) is 35.5 Å². The topological polar surface area (TPSA) is 46.0 Å². The summed E-state index contributed by atoms with van der Waals surface area (Å²) in [7, 11) is 0. The van der Waals surface area contributed by atoms with E-state index < -0.39 is 0 Å². The second kappa shape index (κ2) is 6.43. The van der Waals surface area contributed by atoms with Crippen molar-refractivity contribution in [1.82, 2.24) is 4.98 Å². The first-order chi connectivity index (χ1) is 13.6. The number of furan rings is 1. The number of H-pyrrole nitrogens is 1. The summed E-state index contributed by atoms with van der Waals surface area (Å²) in [5.41, 5.74) is 0.803. The molecule has 0 spiro atoms. The molecular formula is C21H17Cl2NO2S2. The Hall–Kier alpha value is -1.14. The molecule has 0 radical (unpaired) electrons. The van der Waals surface area contributed by atoms with Crippen LogP contribution in [0.5, 0.6) is 0 Å². The summed E-state index contributed by atoms with van der Waals surface area (Å²) in [6, 6.07) is 9.44. The Bertz CT molecular complexity index is 1130. The van der Waals surface area contributed by atoms with E-state index in [1.54, 1.807) is 12.1 Å². The Balaban J connectivity index is 1.47. The lowest BCUT2D eigenvalue weighted by Crippen LogP contribution is -2.33. The molecule has 0 saturated heterocycles. The molecule has 0 unspecified atom stereocenters. The van der Waals surface area contributed by atoms with Crippen molar-refractivity contribution < 1.29 is 4.42 Å². The highest BCUT2D eigenvalue weighted by Gasteiger charge is 2.55. The van der Waals surface area contributed by atoms with Crippen LogP contribution in [0.1, 0.15) is 35.8 Å². The van der Waals surface area contributed by atoms with Crippen LogP contribution < -0.4 is 4.87 Å². The normalized spacial score (nSPS) is 30.4. The number of hydrogen-bond acceptors (Lipinski definition) is 4. The summed E-state index contributed by atoms with van der Waals surface area (Å²) in [6.07, 6.45) is 3.92. The van der Waals surface area contributed by atoms with Crippen molar-refractivity contribution >= 4 is 46.3 Å². The number of fused-ring (bicyclic) bond motifs is 6. The minimum Gasteiger partial charge on any atom is -0.460 e. The van der Waals surface area contributed by atoms with Crippen LogP contribution in [-0.4, -0.2) is 10.2 Å². The molecule has 3 heterocycles. The van der Waals surface area contributed by atoms with Gasteiger partial charge in [0.05, 0.1) is 20.8 Å². The van der Waals surface area contributed by atoms with Crippen molar-refractivity contribution in [3.63, 3.8) is 0 Å². The molecule has 2 saturated carbocycles. The molecule has 144 valence electrons. The number of aromatic nitrogens is 1. The molecule has 5 atom stereocenters. The Morgan fingerprint density at radius 3 is 2.86 bits per heavy atom. The van der Waals surface area contributed by atoms with Gasteiger partial charge in [-0.1, -0.05) is 34.5 Å². The number of benzene rings is 1. The van der Waals surface area contributed by atoms with Crippen LogP contribution >= 0.6 is 46.3 Å². The summed E-state index contributed by atoms with van der Waals surface area (Å²) >= 11 is 15.8. The standard InChI is InChI=1S/C21H17Cl2NO2S2/c22-11-3-4-13(23)12(8-11)14-5-6-15(26-14)17-16-9-1-2-10(7-9)18(16)27-20-19(17)28-21(25)24-20/h3-6,8-10,16-18H,1-2,7H2,(H,24,25)/t9-,10-,16-,17+,18+/m0/s1. The van der Waals surface area contributed by atoms with E-state index in [-0.39, 0.29) is 10.8 Å². The largest absolute Gasteiger partial charge is 0.460 e. The molecule has 7 heteroatoms. The average molecular weight is 450 g/mol. The maximum atomic E-state index is 12.1. The highest BCUT2D eigenvalue weighted by molar-refractivity contribution is 8.00. The SMILES string of the molecule is O=c1[nH]c2c(s1)[C@H](c1ccc(-c3cc(Cl)ccc3Cl)o1)[C@@H]1[C@H]3CC[C@@H](C3)[C@H]1S2. The molecule has 28 heavy (non-hydrogen) atoms. The van der Waals surface area contributed by atoms with Crippen LogP contribution in [-0.2, 0) is 0 Å². The van der Waals surface area contributed by atoms with Crippen LogP contribution in [0.2, 0.25) is 10.0 Å².